The molecule has 2 aromatic heterocycles. The lowest BCUT2D eigenvalue weighted by molar-refractivity contribution is -0.132. The third-order valence-corrected chi connectivity index (χ3v) is 4.73. The van der Waals surface area contributed by atoms with Gasteiger partial charge in [0.2, 0.25) is 5.91 Å². The lowest BCUT2D eigenvalue weighted by atomic mass is 10.0. The van der Waals surface area contributed by atoms with Crippen LogP contribution in [-0.4, -0.2) is 38.2 Å². The lowest BCUT2D eigenvalue weighted by Gasteiger charge is -2.25. The zero-order valence-electron chi connectivity index (χ0n) is 13.7. The molecule has 1 saturated heterocycles. The fourth-order valence-electron chi connectivity index (χ4n) is 3.37. The fraction of sp³-hybridized carbons (Fsp3) is 0.500. The minimum absolute atomic E-state index is 0.281. The fourth-order valence-corrected chi connectivity index (χ4v) is 3.37. The Morgan fingerprint density at radius 1 is 1.22 bits per heavy atom. The van der Waals surface area contributed by atoms with Crippen LogP contribution in [0.4, 0.5) is 0 Å². The molecule has 5 nitrogen and oxygen atoms in total. The van der Waals surface area contributed by atoms with Crippen LogP contribution in [0, 0.1) is 0 Å². The van der Waals surface area contributed by atoms with Gasteiger partial charge in [-0.15, -0.1) is 0 Å². The molecule has 0 saturated carbocycles. The van der Waals surface area contributed by atoms with Gasteiger partial charge in [0.05, 0.1) is 0 Å². The highest BCUT2D eigenvalue weighted by Gasteiger charge is 2.28. The Kier molecular flexibility index (Phi) is 5.05. The van der Waals surface area contributed by atoms with Crippen LogP contribution in [0.3, 0.4) is 0 Å². The maximum absolute atomic E-state index is 12.6. The van der Waals surface area contributed by atoms with E-state index in [1.165, 1.54) is 5.56 Å². The Balaban J connectivity index is 1.51. The number of aromatic nitrogens is 3. The van der Waals surface area contributed by atoms with E-state index in [4.69, 9.17) is 0 Å². The van der Waals surface area contributed by atoms with Crippen molar-refractivity contribution >= 4 is 5.91 Å². The quantitative estimate of drug-likeness (QED) is 0.823. The summed E-state index contributed by atoms with van der Waals surface area (Å²) in [7, 11) is 1.92. The molecule has 0 aliphatic carbocycles. The van der Waals surface area contributed by atoms with Crippen LogP contribution >= 0.6 is 0 Å². The monoisotopic (exact) mass is 312 g/mol. The predicted molar refractivity (Wildman–Crippen MR) is 88.8 cm³/mol. The Bertz CT molecular complexity index is 637. The normalized spacial score (nSPS) is 17.6. The molecule has 0 bridgehead atoms. The number of carbonyl (C=O) groups is 1. The number of nitrogens with zero attached hydrogens (tertiary/aromatic N) is 4. The number of carbonyl (C=O) groups excluding carboxylic acids is 1. The number of hydrogen-bond acceptors (Lipinski definition) is 3. The topological polar surface area (TPSA) is 51.0 Å². The van der Waals surface area contributed by atoms with Crippen LogP contribution < -0.4 is 0 Å². The van der Waals surface area contributed by atoms with Crippen LogP contribution in [-0.2, 0) is 24.7 Å². The maximum Gasteiger partial charge on any atom is 0.223 e. The van der Waals surface area contributed by atoms with E-state index in [1.807, 2.05) is 30.2 Å². The SMILES string of the molecule is Cn1nccc1CCC(=O)N1CCC[C@@H]1CCc1ccncc1. The molecular formula is C18H24N4O. The van der Waals surface area contributed by atoms with Gasteiger partial charge in [0.1, 0.15) is 0 Å². The second-order valence-corrected chi connectivity index (χ2v) is 6.22. The third kappa shape index (κ3) is 3.97. The predicted octanol–water partition coefficient (Wildman–Crippen LogP) is 2.37. The zero-order chi connectivity index (χ0) is 16.1. The van der Waals surface area contributed by atoms with Crippen molar-refractivity contribution in [3.63, 3.8) is 0 Å². The van der Waals surface area contributed by atoms with Crippen molar-refractivity contribution in [1.82, 2.24) is 19.7 Å². The average Bonchev–Trinajstić information content (AvgIpc) is 3.20. The highest BCUT2D eigenvalue weighted by molar-refractivity contribution is 5.77. The maximum atomic E-state index is 12.6. The molecule has 0 spiro atoms. The standard InChI is InChI=1S/C18H24N4O/c1-21-16(10-13-20-21)6-7-18(23)22-14-2-3-17(22)5-4-15-8-11-19-12-9-15/h8-13,17H,2-7,14H2,1H3/t17-/m1/s1. The van der Waals surface area contributed by atoms with E-state index in [9.17, 15) is 4.79 Å². The minimum atomic E-state index is 0.281. The van der Waals surface area contributed by atoms with Gasteiger partial charge in [-0.2, -0.15) is 5.10 Å². The van der Waals surface area contributed by atoms with Crippen LogP contribution in [0.1, 0.15) is 36.9 Å². The number of likely N-dealkylation sites (tertiary alicyclic amines) is 1. The van der Waals surface area contributed by atoms with E-state index in [1.54, 1.807) is 6.20 Å². The largest absolute Gasteiger partial charge is 0.340 e. The first kappa shape index (κ1) is 15.7. The zero-order valence-corrected chi connectivity index (χ0v) is 13.7. The molecule has 1 fully saturated rings. The van der Waals surface area contributed by atoms with E-state index in [0.717, 1.165) is 44.3 Å². The molecule has 0 N–H and O–H groups in total. The third-order valence-electron chi connectivity index (χ3n) is 4.73. The van der Waals surface area contributed by atoms with Crippen molar-refractivity contribution in [1.29, 1.82) is 0 Å². The van der Waals surface area contributed by atoms with Gasteiger partial charge in [0.25, 0.3) is 0 Å². The molecule has 1 aliphatic heterocycles. The number of amides is 1. The summed E-state index contributed by atoms with van der Waals surface area (Å²) in [4.78, 5) is 18.7. The van der Waals surface area contributed by atoms with Crippen molar-refractivity contribution in [3.05, 3.63) is 48.0 Å². The van der Waals surface area contributed by atoms with Crippen molar-refractivity contribution < 1.29 is 4.79 Å². The van der Waals surface area contributed by atoms with Gasteiger partial charge in [-0.1, -0.05) is 0 Å². The van der Waals surface area contributed by atoms with Crippen LogP contribution in [0.2, 0.25) is 0 Å². The summed E-state index contributed by atoms with van der Waals surface area (Å²) in [5.74, 6) is 0.281. The Morgan fingerprint density at radius 2 is 2.04 bits per heavy atom. The first-order chi connectivity index (χ1) is 11.2. The summed E-state index contributed by atoms with van der Waals surface area (Å²) >= 11 is 0. The summed E-state index contributed by atoms with van der Waals surface area (Å²) in [5.41, 5.74) is 2.42. The van der Waals surface area contributed by atoms with Gasteiger partial charge in [-0.25, -0.2) is 0 Å². The summed E-state index contributed by atoms with van der Waals surface area (Å²) < 4.78 is 1.85. The van der Waals surface area contributed by atoms with Gasteiger partial charge in [0.15, 0.2) is 0 Å². The van der Waals surface area contributed by atoms with Gasteiger partial charge in [0, 0.05) is 50.3 Å². The van der Waals surface area contributed by atoms with E-state index >= 15 is 0 Å². The van der Waals surface area contributed by atoms with Gasteiger partial charge >= 0.3 is 0 Å². The molecule has 23 heavy (non-hydrogen) atoms. The number of pyridine rings is 1. The number of rotatable bonds is 6. The molecule has 2 aromatic rings. The smallest absolute Gasteiger partial charge is 0.223 e. The molecule has 0 unspecified atom stereocenters. The minimum Gasteiger partial charge on any atom is -0.340 e. The lowest BCUT2D eigenvalue weighted by Crippen LogP contribution is -2.36. The second-order valence-electron chi connectivity index (χ2n) is 6.22. The van der Waals surface area contributed by atoms with E-state index in [-0.39, 0.29) is 5.91 Å². The van der Waals surface area contributed by atoms with E-state index in [2.05, 4.69) is 27.1 Å². The first-order valence-electron chi connectivity index (χ1n) is 8.39. The van der Waals surface area contributed by atoms with Crippen LogP contribution in [0.15, 0.2) is 36.8 Å². The van der Waals surface area contributed by atoms with Gasteiger partial charge in [-0.3, -0.25) is 14.5 Å². The van der Waals surface area contributed by atoms with Crippen LogP contribution in [0.25, 0.3) is 0 Å². The molecule has 5 heteroatoms. The van der Waals surface area contributed by atoms with Crippen molar-refractivity contribution in [2.75, 3.05) is 6.54 Å². The molecule has 1 aliphatic rings. The van der Waals surface area contributed by atoms with E-state index < -0.39 is 0 Å². The number of aryl methyl sites for hydroxylation is 3. The summed E-state index contributed by atoms with van der Waals surface area (Å²) in [6, 6.07) is 6.49. The molecular weight excluding hydrogens is 288 g/mol. The summed E-state index contributed by atoms with van der Waals surface area (Å²) in [6.45, 7) is 0.908. The highest BCUT2D eigenvalue weighted by Crippen LogP contribution is 2.23. The van der Waals surface area contributed by atoms with E-state index in [0.29, 0.717) is 12.5 Å². The Morgan fingerprint density at radius 3 is 2.78 bits per heavy atom. The van der Waals surface area contributed by atoms with Crippen molar-refractivity contribution in [2.45, 2.75) is 44.6 Å². The first-order valence-corrected chi connectivity index (χ1v) is 8.39. The highest BCUT2D eigenvalue weighted by atomic mass is 16.2. The Hall–Kier alpha value is -2.17. The van der Waals surface area contributed by atoms with Crippen molar-refractivity contribution in [2.24, 2.45) is 7.05 Å². The van der Waals surface area contributed by atoms with Gasteiger partial charge < -0.3 is 4.90 Å². The van der Waals surface area contributed by atoms with Crippen molar-refractivity contribution in [3.8, 4) is 0 Å². The summed E-state index contributed by atoms with van der Waals surface area (Å²) in [5, 5.41) is 4.16. The molecule has 3 rings (SSSR count). The Labute approximate surface area is 137 Å². The van der Waals surface area contributed by atoms with Crippen LogP contribution in [0.5, 0.6) is 0 Å². The molecule has 1 atom stereocenters. The molecule has 122 valence electrons. The average molecular weight is 312 g/mol. The number of hydrogen-bond donors (Lipinski definition) is 0. The van der Waals surface area contributed by atoms with Gasteiger partial charge in [-0.05, 0) is 55.9 Å². The summed E-state index contributed by atoms with van der Waals surface area (Å²) in [6.07, 6.45) is 11.1. The molecule has 3 heterocycles. The second kappa shape index (κ2) is 7.40. The molecule has 0 radical (unpaired) electrons. The molecule has 0 aromatic carbocycles. The molecule has 1 amide bonds.